The highest BCUT2D eigenvalue weighted by Crippen LogP contribution is 2.33. The topological polar surface area (TPSA) is 101 Å². The molecule has 10 heteroatoms. The van der Waals surface area contributed by atoms with E-state index in [4.69, 9.17) is 11.6 Å². The van der Waals surface area contributed by atoms with Crippen LogP contribution in [0.3, 0.4) is 0 Å². The van der Waals surface area contributed by atoms with Gasteiger partial charge in [-0.1, -0.05) is 29.8 Å². The minimum atomic E-state index is -0.733. The predicted molar refractivity (Wildman–Crippen MR) is 133 cm³/mol. The average Bonchev–Trinajstić information content (AvgIpc) is 3.31. The number of nitrogens with zero attached hydrogens (tertiary/aromatic N) is 2. The Bertz CT molecular complexity index is 1250. The largest absolute Gasteiger partial charge is 0.352 e. The fourth-order valence-corrected chi connectivity index (χ4v) is 3.92. The van der Waals surface area contributed by atoms with Gasteiger partial charge < -0.3 is 20.5 Å². The zero-order valence-electron chi connectivity index (χ0n) is 19.7. The lowest BCUT2D eigenvalue weighted by atomic mass is 9.96. The van der Waals surface area contributed by atoms with Crippen LogP contribution in [0, 0.1) is 29.9 Å². The molecule has 1 aliphatic heterocycles. The molecule has 3 aromatic rings. The van der Waals surface area contributed by atoms with Crippen molar-refractivity contribution in [3.05, 3.63) is 82.1 Å². The molecule has 3 N–H and O–H groups in total. The number of aromatic amines is 1. The number of piperazine rings is 1. The van der Waals surface area contributed by atoms with Crippen LogP contribution in [0.5, 0.6) is 0 Å². The maximum absolute atomic E-state index is 14.4. The summed E-state index contributed by atoms with van der Waals surface area (Å²) in [4.78, 5) is 29.2. The molecule has 1 aromatic heterocycles. The second-order valence-electron chi connectivity index (χ2n) is 8.03. The average molecular weight is 514 g/mol. The molecule has 0 unspecified atom stereocenters. The summed E-state index contributed by atoms with van der Waals surface area (Å²) in [5.74, 6) is -2.01. The fourth-order valence-electron chi connectivity index (χ4n) is 3.78. The monoisotopic (exact) mass is 513 g/mol. The van der Waals surface area contributed by atoms with Gasteiger partial charge in [-0.3, -0.25) is 9.59 Å². The third-order valence-corrected chi connectivity index (χ3v) is 5.91. The number of nitriles is 1. The number of carbonyl (C=O) groups is 2. The molecule has 0 saturated carbocycles. The van der Waals surface area contributed by atoms with Gasteiger partial charge >= 0.3 is 0 Å². The third kappa shape index (κ3) is 6.68. The van der Waals surface area contributed by atoms with Crippen LogP contribution in [0.2, 0.25) is 5.02 Å². The van der Waals surface area contributed by atoms with Crippen molar-refractivity contribution in [2.45, 2.75) is 13.3 Å². The Labute approximate surface area is 213 Å². The van der Waals surface area contributed by atoms with Crippen molar-refractivity contribution in [3.63, 3.8) is 0 Å². The van der Waals surface area contributed by atoms with Crippen LogP contribution in [0.15, 0.2) is 48.7 Å². The minimum absolute atomic E-state index is 0.00374. The van der Waals surface area contributed by atoms with Gasteiger partial charge in [0.2, 0.25) is 5.91 Å². The van der Waals surface area contributed by atoms with Gasteiger partial charge in [0.15, 0.2) is 0 Å². The molecule has 0 aliphatic carbocycles. The number of hydrogen-bond donors (Lipinski definition) is 3. The number of carbonyl (C=O) groups excluding carboxylic acids is 2. The second-order valence-corrected chi connectivity index (χ2v) is 8.46. The quantitative estimate of drug-likeness (QED) is 0.479. The van der Waals surface area contributed by atoms with Crippen molar-refractivity contribution in [2.75, 3.05) is 32.7 Å². The highest BCUT2D eigenvalue weighted by Gasteiger charge is 2.24. The minimum Gasteiger partial charge on any atom is -0.352 e. The van der Waals surface area contributed by atoms with E-state index >= 15 is 0 Å². The van der Waals surface area contributed by atoms with Gasteiger partial charge in [-0.25, -0.2) is 8.78 Å². The lowest BCUT2D eigenvalue weighted by Crippen LogP contribution is -2.47. The van der Waals surface area contributed by atoms with E-state index in [9.17, 15) is 23.6 Å². The highest BCUT2D eigenvalue weighted by molar-refractivity contribution is 6.30. The number of rotatable bonds is 5. The first-order valence-corrected chi connectivity index (χ1v) is 11.7. The van der Waals surface area contributed by atoms with E-state index in [1.165, 1.54) is 13.1 Å². The molecule has 0 spiro atoms. The van der Waals surface area contributed by atoms with Gasteiger partial charge in [-0.2, -0.15) is 5.26 Å². The van der Waals surface area contributed by atoms with Crippen molar-refractivity contribution in [1.29, 1.82) is 5.26 Å². The van der Waals surface area contributed by atoms with Crippen LogP contribution in [-0.2, 0) is 4.79 Å². The zero-order chi connectivity index (χ0) is 26.1. The first-order chi connectivity index (χ1) is 17.3. The summed E-state index contributed by atoms with van der Waals surface area (Å²) in [6, 6.07) is 13.3. The number of nitrogens with one attached hydrogen (secondary N) is 3. The smallest absolute Gasteiger partial charge is 0.253 e. The summed E-state index contributed by atoms with van der Waals surface area (Å²) in [6.45, 7) is 4.20. The normalized spacial score (nSPS) is 12.8. The van der Waals surface area contributed by atoms with E-state index in [2.05, 4.69) is 15.6 Å². The van der Waals surface area contributed by atoms with Crippen molar-refractivity contribution in [3.8, 4) is 17.2 Å². The Balaban J connectivity index is 0.000000444. The number of amides is 2. The van der Waals surface area contributed by atoms with Crippen LogP contribution >= 0.6 is 11.6 Å². The molecule has 0 radical (unpaired) electrons. The van der Waals surface area contributed by atoms with Gasteiger partial charge in [-0.05, 0) is 36.8 Å². The number of hydrogen-bond acceptors (Lipinski definition) is 4. The SMILES string of the molecule is Cc1c(F)ccc(F)c1-c1c(C(=O)NCCC(=O)N2CCNCC2)c[nH]c1C#N.Clc1ccccc1. The summed E-state index contributed by atoms with van der Waals surface area (Å²) >= 11 is 5.54. The van der Waals surface area contributed by atoms with Gasteiger partial charge in [0, 0.05) is 61.5 Å². The molecule has 1 aliphatic rings. The molecule has 1 saturated heterocycles. The van der Waals surface area contributed by atoms with Crippen molar-refractivity contribution in [1.82, 2.24) is 20.5 Å². The number of H-pyrrole nitrogens is 1. The molecule has 2 heterocycles. The molecular formula is C26H26ClF2N5O2. The Kier molecular flexibility index (Phi) is 9.56. The van der Waals surface area contributed by atoms with Crippen LogP contribution in [0.4, 0.5) is 8.78 Å². The second kappa shape index (κ2) is 12.8. The van der Waals surface area contributed by atoms with E-state index in [0.717, 1.165) is 30.2 Å². The molecule has 2 amide bonds. The van der Waals surface area contributed by atoms with Gasteiger partial charge in [0.1, 0.15) is 23.4 Å². The Morgan fingerprint density at radius 3 is 2.36 bits per heavy atom. The first-order valence-electron chi connectivity index (χ1n) is 11.4. The molecule has 4 rings (SSSR count). The van der Waals surface area contributed by atoms with Crippen LogP contribution in [0.1, 0.15) is 28.0 Å². The van der Waals surface area contributed by atoms with Crippen molar-refractivity contribution < 1.29 is 18.4 Å². The van der Waals surface area contributed by atoms with E-state index in [-0.39, 0.29) is 46.8 Å². The molecule has 36 heavy (non-hydrogen) atoms. The zero-order valence-corrected chi connectivity index (χ0v) is 20.5. The van der Waals surface area contributed by atoms with E-state index in [1.54, 1.807) is 4.90 Å². The van der Waals surface area contributed by atoms with Crippen LogP contribution < -0.4 is 10.6 Å². The third-order valence-electron chi connectivity index (χ3n) is 5.66. The lowest BCUT2D eigenvalue weighted by Gasteiger charge is -2.27. The maximum Gasteiger partial charge on any atom is 0.253 e. The van der Waals surface area contributed by atoms with Crippen LogP contribution in [-0.4, -0.2) is 54.4 Å². The summed E-state index contributed by atoms with van der Waals surface area (Å²) in [6.07, 6.45) is 1.41. The molecule has 188 valence electrons. The van der Waals surface area contributed by atoms with Gasteiger partial charge in [0.05, 0.1) is 5.56 Å². The van der Waals surface area contributed by atoms with Crippen molar-refractivity contribution in [2.24, 2.45) is 0 Å². The molecule has 2 aromatic carbocycles. The first kappa shape index (κ1) is 26.9. The molecule has 7 nitrogen and oxygen atoms in total. The Morgan fingerprint density at radius 2 is 1.75 bits per heavy atom. The van der Waals surface area contributed by atoms with Crippen molar-refractivity contribution >= 4 is 23.4 Å². The lowest BCUT2D eigenvalue weighted by molar-refractivity contribution is -0.131. The molecule has 0 bridgehead atoms. The molecule has 1 fully saturated rings. The number of aromatic nitrogens is 1. The Morgan fingerprint density at radius 1 is 1.08 bits per heavy atom. The predicted octanol–water partition coefficient (Wildman–Crippen LogP) is 4.03. The number of benzene rings is 2. The van der Waals surface area contributed by atoms with E-state index < -0.39 is 17.5 Å². The summed E-state index contributed by atoms with van der Waals surface area (Å²) in [7, 11) is 0. The summed E-state index contributed by atoms with van der Waals surface area (Å²) in [5.41, 5.74) is -0.148. The fraction of sp³-hybridized carbons (Fsp3) is 0.269. The molecule has 0 atom stereocenters. The van der Waals surface area contributed by atoms with E-state index in [1.807, 2.05) is 36.4 Å². The standard InChI is InChI=1S/C20H21F2N5O2.C6H5Cl/c1-12-14(21)2-3-15(22)18(12)19-13(11-26-16(19)10-23)20(29)25-5-4-17(28)27-8-6-24-7-9-27;7-6-4-2-1-3-5-6/h2-3,11,24,26H,4-9H2,1H3,(H,25,29);1-5H. The summed E-state index contributed by atoms with van der Waals surface area (Å²) in [5, 5.41) is 15.9. The highest BCUT2D eigenvalue weighted by atomic mass is 35.5. The maximum atomic E-state index is 14.4. The Hall–Kier alpha value is -3.74. The van der Waals surface area contributed by atoms with E-state index in [0.29, 0.717) is 13.1 Å². The molecular weight excluding hydrogens is 488 g/mol. The van der Waals surface area contributed by atoms with Crippen LogP contribution in [0.25, 0.3) is 11.1 Å². The number of halogens is 3. The van der Waals surface area contributed by atoms with Gasteiger partial charge in [-0.15, -0.1) is 0 Å². The summed E-state index contributed by atoms with van der Waals surface area (Å²) < 4.78 is 28.4. The van der Waals surface area contributed by atoms with Gasteiger partial charge in [0.25, 0.3) is 5.91 Å².